The first-order valence-corrected chi connectivity index (χ1v) is 14.0. The fourth-order valence-electron chi connectivity index (χ4n) is 6.87. The lowest BCUT2D eigenvalue weighted by Crippen LogP contribution is -2.31. The monoisotopic (exact) mass is 510 g/mol. The third-order valence-electron chi connectivity index (χ3n) is 8.23. The number of aromatic nitrogens is 2. The summed E-state index contributed by atoms with van der Waals surface area (Å²) in [7, 11) is 2.21. The zero-order valence-corrected chi connectivity index (χ0v) is 23.3. The van der Waals surface area contributed by atoms with Crippen molar-refractivity contribution in [1.29, 1.82) is 0 Å². The van der Waals surface area contributed by atoms with Gasteiger partial charge in [-0.1, -0.05) is 60.7 Å². The lowest BCUT2D eigenvalue weighted by Gasteiger charge is -2.32. The average molecular weight is 511 g/mol. The van der Waals surface area contributed by atoms with E-state index in [-0.39, 0.29) is 18.1 Å². The van der Waals surface area contributed by atoms with Crippen LogP contribution in [0, 0.1) is 0 Å². The number of hydrogen-bond donors (Lipinski definition) is 0. The van der Waals surface area contributed by atoms with Crippen LogP contribution in [0.25, 0.3) is 44.2 Å². The van der Waals surface area contributed by atoms with Crippen LogP contribution in [0.15, 0.2) is 103 Å². The highest BCUT2D eigenvalue weighted by Gasteiger charge is 2.44. The van der Waals surface area contributed by atoms with Crippen molar-refractivity contribution < 1.29 is 0 Å². The molecule has 0 spiro atoms. The normalized spacial score (nSPS) is 16.5. The van der Waals surface area contributed by atoms with Gasteiger partial charge in [-0.15, -0.1) is 0 Å². The maximum absolute atomic E-state index is 5.06. The Morgan fingerprint density at radius 3 is 2.08 bits per heavy atom. The molecule has 0 N–H and O–H groups in total. The summed E-state index contributed by atoms with van der Waals surface area (Å²) in [6.07, 6.45) is 8.65. The van der Waals surface area contributed by atoms with Gasteiger partial charge in [-0.2, -0.15) is 0 Å². The van der Waals surface area contributed by atoms with Gasteiger partial charge in [-0.05, 0) is 69.3 Å². The molecule has 0 saturated heterocycles. The Bertz CT molecular complexity index is 1770. The van der Waals surface area contributed by atoms with Gasteiger partial charge in [0, 0.05) is 53.1 Å². The third-order valence-corrected chi connectivity index (χ3v) is 8.23. The molecule has 0 radical (unpaired) electrons. The van der Waals surface area contributed by atoms with E-state index in [0.29, 0.717) is 0 Å². The lowest BCUT2D eigenvalue weighted by molar-refractivity contribution is 0.377. The Kier molecular flexibility index (Phi) is 5.41. The quantitative estimate of drug-likeness (QED) is 0.242. The molecule has 4 heterocycles. The number of fused-ring (bicyclic) bond motifs is 6. The molecule has 1 unspecified atom stereocenters. The number of nitrogens with zero attached hydrogens (tertiary/aromatic N) is 4. The summed E-state index contributed by atoms with van der Waals surface area (Å²) >= 11 is 0. The fourth-order valence-corrected chi connectivity index (χ4v) is 6.87. The lowest BCUT2D eigenvalue weighted by atomic mass is 9.86. The Hall–Kier alpha value is -4.31. The Morgan fingerprint density at radius 2 is 1.44 bits per heavy atom. The van der Waals surface area contributed by atoms with E-state index >= 15 is 0 Å². The topological polar surface area (TPSA) is 24.3 Å². The van der Waals surface area contributed by atoms with Gasteiger partial charge in [0.2, 0.25) is 0 Å². The summed E-state index contributed by atoms with van der Waals surface area (Å²) in [5.74, 6) is 0. The van der Waals surface area contributed by atoms with Crippen LogP contribution in [0.5, 0.6) is 0 Å². The van der Waals surface area contributed by atoms with Gasteiger partial charge < -0.3 is 14.4 Å². The molecule has 0 saturated carbocycles. The molecule has 2 aliphatic rings. The highest BCUT2D eigenvalue weighted by Crippen LogP contribution is 2.59. The molecular weight excluding hydrogens is 476 g/mol. The van der Waals surface area contributed by atoms with Gasteiger partial charge in [0.05, 0.1) is 28.3 Å². The highest BCUT2D eigenvalue weighted by molar-refractivity contribution is 6.22. The first-order chi connectivity index (χ1) is 19.0. The molecule has 5 aromatic rings. The number of benzene rings is 3. The van der Waals surface area contributed by atoms with Crippen molar-refractivity contribution in [3.63, 3.8) is 0 Å². The van der Waals surface area contributed by atoms with Gasteiger partial charge in [0.15, 0.2) is 0 Å². The van der Waals surface area contributed by atoms with Crippen molar-refractivity contribution in [3.05, 3.63) is 109 Å². The van der Waals surface area contributed by atoms with Crippen molar-refractivity contribution in [2.75, 3.05) is 11.9 Å². The van der Waals surface area contributed by atoms with Crippen LogP contribution in [0.3, 0.4) is 0 Å². The number of likely N-dealkylation sites (N-methyl/N-ethyl adjacent to an activating group) is 1. The molecule has 194 valence electrons. The predicted octanol–water partition coefficient (Wildman–Crippen LogP) is 8.72. The van der Waals surface area contributed by atoms with Crippen molar-refractivity contribution in [2.45, 2.75) is 45.8 Å². The summed E-state index contributed by atoms with van der Waals surface area (Å²) in [5, 5.41) is 1.24. The molecule has 2 aromatic heterocycles. The van der Waals surface area contributed by atoms with Crippen LogP contribution < -0.4 is 4.90 Å². The first kappa shape index (κ1) is 23.8. The molecule has 0 aliphatic carbocycles. The molecule has 4 heteroatoms. The summed E-state index contributed by atoms with van der Waals surface area (Å²) in [6, 6.07) is 26.9. The first-order valence-electron chi connectivity index (χ1n) is 14.0. The van der Waals surface area contributed by atoms with Crippen molar-refractivity contribution in [2.24, 2.45) is 0 Å². The van der Waals surface area contributed by atoms with Crippen LogP contribution in [0.1, 0.15) is 45.3 Å². The largest absolute Gasteiger partial charge is 0.368 e. The summed E-state index contributed by atoms with van der Waals surface area (Å²) in [6.45, 7) is 9.19. The Labute approximate surface area is 230 Å². The molecule has 0 bridgehead atoms. The average Bonchev–Trinajstić information content (AvgIpc) is 3.47. The molecule has 2 aliphatic heterocycles. The van der Waals surface area contributed by atoms with Gasteiger partial charge >= 0.3 is 0 Å². The van der Waals surface area contributed by atoms with Crippen molar-refractivity contribution in [3.8, 4) is 22.3 Å². The highest BCUT2D eigenvalue weighted by atomic mass is 15.3. The van der Waals surface area contributed by atoms with E-state index in [2.05, 4.69) is 140 Å². The Balaban J connectivity index is 1.81. The zero-order valence-electron chi connectivity index (χ0n) is 23.3. The smallest absolute Gasteiger partial charge is 0.0967 e. The second-order valence-electron chi connectivity index (χ2n) is 11.3. The van der Waals surface area contributed by atoms with Gasteiger partial charge in [0.1, 0.15) is 0 Å². The van der Waals surface area contributed by atoms with E-state index in [0.717, 1.165) is 5.52 Å². The molecule has 0 amide bonds. The zero-order chi connectivity index (χ0) is 26.8. The number of allylic oxidation sites excluding steroid dienone is 2. The van der Waals surface area contributed by atoms with Crippen LogP contribution in [-0.4, -0.2) is 27.5 Å². The molecule has 0 fully saturated rings. The summed E-state index contributed by atoms with van der Waals surface area (Å²) in [5.41, 5.74) is 12.6. The number of hydrogen-bond acceptors (Lipinski definition) is 3. The van der Waals surface area contributed by atoms with Crippen molar-refractivity contribution >= 4 is 27.6 Å². The SMILES string of the molecule is CC(C)N1C2=CC=CN(C)C2c2c1c(-c1ccccc1)c1c3ncccc3n(C(C)C)c1c2-c1ccccc1. The second-order valence-corrected chi connectivity index (χ2v) is 11.3. The summed E-state index contributed by atoms with van der Waals surface area (Å²) in [4.78, 5) is 10.0. The van der Waals surface area contributed by atoms with E-state index in [4.69, 9.17) is 4.98 Å². The van der Waals surface area contributed by atoms with E-state index in [1.165, 1.54) is 55.6 Å². The predicted molar refractivity (Wildman–Crippen MR) is 164 cm³/mol. The maximum Gasteiger partial charge on any atom is 0.0967 e. The maximum atomic E-state index is 5.06. The van der Waals surface area contributed by atoms with Gasteiger partial charge in [-0.3, -0.25) is 4.98 Å². The molecule has 7 rings (SSSR count). The number of pyridine rings is 1. The molecular formula is C35H34N4. The third kappa shape index (κ3) is 3.34. The van der Waals surface area contributed by atoms with E-state index in [1.807, 2.05) is 6.20 Å². The Morgan fingerprint density at radius 1 is 0.769 bits per heavy atom. The molecule has 39 heavy (non-hydrogen) atoms. The molecule has 4 nitrogen and oxygen atoms in total. The summed E-state index contributed by atoms with van der Waals surface area (Å²) < 4.78 is 2.52. The molecule has 3 aromatic carbocycles. The van der Waals surface area contributed by atoms with E-state index in [9.17, 15) is 0 Å². The van der Waals surface area contributed by atoms with Crippen molar-refractivity contribution in [1.82, 2.24) is 14.5 Å². The van der Waals surface area contributed by atoms with Gasteiger partial charge in [-0.25, -0.2) is 0 Å². The van der Waals surface area contributed by atoms with Crippen LogP contribution in [0.4, 0.5) is 5.69 Å². The number of anilines is 1. The van der Waals surface area contributed by atoms with Crippen LogP contribution >= 0.6 is 0 Å². The minimum atomic E-state index is 0.126. The fraction of sp³-hybridized carbons (Fsp3) is 0.229. The van der Waals surface area contributed by atoms with Crippen LogP contribution in [0.2, 0.25) is 0 Å². The second kappa shape index (κ2) is 8.88. The number of rotatable bonds is 4. The van der Waals surface area contributed by atoms with E-state index < -0.39 is 0 Å². The molecule has 1 atom stereocenters. The standard InChI is InChI=1S/C35H34N4/c1-22(2)38-26-18-12-20-36-32(26)30-28(24-14-8-6-9-15-24)35-31(29(34(30)38)25-16-10-7-11-17-25)33-27(39(35)23(3)4)19-13-21-37(33)5/h6-23,33H,1-5H3. The van der Waals surface area contributed by atoms with Gasteiger partial charge in [0.25, 0.3) is 0 Å². The minimum absolute atomic E-state index is 0.126. The van der Waals surface area contributed by atoms with E-state index in [1.54, 1.807) is 0 Å². The van der Waals surface area contributed by atoms with Crippen LogP contribution in [-0.2, 0) is 0 Å². The minimum Gasteiger partial charge on any atom is -0.368 e.